The monoisotopic (exact) mass is 396 g/mol. The number of sulfonamides is 1. The maximum atomic E-state index is 12.8. The van der Waals surface area contributed by atoms with Gasteiger partial charge in [0.05, 0.1) is 10.8 Å². The standard InChI is InChI=1S/C19H28N2O5S/c1-13-5-6-17(11-14(13)2)27(25,26)21-9-7-16(8-10-21)18(22)20(4)12-15(3)19(23)24/h5-6,11,15-16H,7-10,12H2,1-4H3,(H,23,24). The first-order valence-electron chi connectivity index (χ1n) is 9.09. The minimum atomic E-state index is -3.57. The summed E-state index contributed by atoms with van der Waals surface area (Å²) in [5.74, 6) is -1.97. The highest BCUT2D eigenvalue weighted by Crippen LogP contribution is 2.26. The maximum Gasteiger partial charge on any atom is 0.308 e. The third-order valence-corrected chi connectivity index (χ3v) is 7.16. The lowest BCUT2D eigenvalue weighted by Gasteiger charge is -2.33. The van der Waals surface area contributed by atoms with E-state index in [1.165, 1.54) is 9.21 Å². The largest absolute Gasteiger partial charge is 0.481 e. The Kier molecular flexibility index (Phi) is 6.64. The lowest BCUT2D eigenvalue weighted by atomic mass is 9.96. The van der Waals surface area contributed by atoms with E-state index >= 15 is 0 Å². The van der Waals surface area contributed by atoms with Crippen molar-refractivity contribution in [1.29, 1.82) is 0 Å². The summed E-state index contributed by atoms with van der Waals surface area (Å²) in [5.41, 5.74) is 1.96. The molecule has 0 bridgehead atoms. The van der Waals surface area contributed by atoms with Gasteiger partial charge in [-0.3, -0.25) is 9.59 Å². The first kappa shape index (κ1) is 21.4. The van der Waals surface area contributed by atoms with Crippen LogP contribution < -0.4 is 0 Å². The minimum Gasteiger partial charge on any atom is -0.481 e. The Balaban J connectivity index is 2.00. The minimum absolute atomic E-state index is 0.119. The summed E-state index contributed by atoms with van der Waals surface area (Å²) in [6, 6.07) is 5.11. The maximum absolute atomic E-state index is 12.8. The Morgan fingerprint density at radius 2 is 1.81 bits per heavy atom. The molecule has 2 rings (SSSR count). The Labute approximate surface area is 161 Å². The summed E-state index contributed by atoms with van der Waals surface area (Å²) < 4.78 is 27.1. The van der Waals surface area contributed by atoms with Gasteiger partial charge in [-0.05, 0) is 49.9 Å². The number of carboxylic acids is 1. The van der Waals surface area contributed by atoms with Crippen molar-refractivity contribution in [2.75, 3.05) is 26.7 Å². The molecule has 150 valence electrons. The second-order valence-corrected chi connectivity index (χ2v) is 9.32. The molecule has 0 saturated carbocycles. The molecule has 0 radical (unpaired) electrons. The molecule has 0 aliphatic carbocycles. The van der Waals surface area contributed by atoms with Crippen molar-refractivity contribution in [2.45, 2.75) is 38.5 Å². The summed E-state index contributed by atoms with van der Waals surface area (Å²) in [7, 11) is -1.97. The van der Waals surface area contributed by atoms with E-state index in [-0.39, 0.29) is 36.4 Å². The van der Waals surface area contributed by atoms with Gasteiger partial charge in [-0.15, -0.1) is 0 Å². The summed E-state index contributed by atoms with van der Waals surface area (Å²) in [4.78, 5) is 25.2. The van der Waals surface area contributed by atoms with Gasteiger partial charge in [-0.1, -0.05) is 13.0 Å². The van der Waals surface area contributed by atoms with Crippen LogP contribution in [0.25, 0.3) is 0 Å². The zero-order valence-corrected chi connectivity index (χ0v) is 17.1. The molecule has 0 aromatic heterocycles. The molecule has 1 aromatic rings. The number of carbonyl (C=O) groups is 2. The van der Waals surface area contributed by atoms with Crippen molar-refractivity contribution in [3.8, 4) is 0 Å². The molecule has 0 spiro atoms. The Bertz CT molecular complexity index is 813. The van der Waals surface area contributed by atoms with Crippen molar-refractivity contribution < 1.29 is 23.1 Å². The lowest BCUT2D eigenvalue weighted by molar-refractivity contribution is -0.143. The first-order valence-corrected chi connectivity index (χ1v) is 10.5. The highest BCUT2D eigenvalue weighted by Gasteiger charge is 2.33. The zero-order chi connectivity index (χ0) is 20.4. The number of rotatable bonds is 6. The average molecular weight is 397 g/mol. The van der Waals surface area contributed by atoms with Gasteiger partial charge in [0.25, 0.3) is 0 Å². The van der Waals surface area contributed by atoms with E-state index < -0.39 is 21.9 Å². The Hall–Kier alpha value is -1.93. The van der Waals surface area contributed by atoms with Gasteiger partial charge < -0.3 is 10.0 Å². The third kappa shape index (κ3) is 4.87. The Morgan fingerprint density at radius 3 is 2.33 bits per heavy atom. The fourth-order valence-corrected chi connectivity index (χ4v) is 4.81. The van der Waals surface area contributed by atoms with Crippen LogP contribution in [0, 0.1) is 25.7 Å². The number of hydrogen-bond donors (Lipinski definition) is 1. The van der Waals surface area contributed by atoms with E-state index in [9.17, 15) is 18.0 Å². The molecule has 1 aromatic carbocycles. The normalized spacial score (nSPS) is 17.5. The molecule has 1 fully saturated rings. The van der Waals surface area contributed by atoms with Crippen LogP contribution in [0.1, 0.15) is 30.9 Å². The van der Waals surface area contributed by atoms with Crippen LogP contribution in [0.3, 0.4) is 0 Å². The molecule has 8 heteroatoms. The fourth-order valence-electron chi connectivity index (χ4n) is 3.26. The zero-order valence-electron chi connectivity index (χ0n) is 16.3. The number of hydrogen-bond acceptors (Lipinski definition) is 4. The number of nitrogens with zero attached hydrogens (tertiary/aromatic N) is 2. The number of benzene rings is 1. The van der Waals surface area contributed by atoms with Crippen molar-refractivity contribution in [3.63, 3.8) is 0 Å². The smallest absolute Gasteiger partial charge is 0.308 e. The van der Waals surface area contributed by atoms with Gasteiger partial charge in [0.15, 0.2) is 0 Å². The SMILES string of the molecule is Cc1ccc(S(=O)(=O)N2CCC(C(=O)N(C)CC(C)C(=O)O)CC2)cc1C. The van der Waals surface area contributed by atoms with Crippen LogP contribution in [0.4, 0.5) is 0 Å². The van der Waals surface area contributed by atoms with Crippen molar-refractivity contribution >= 4 is 21.9 Å². The summed E-state index contributed by atoms with van der Waals surface area (Å²) >= 11 is 0. The van der Waals surface area contributed by atoms with Crippen molar-refractivity contribution in [3.05, 3.63) is 29.3 Å². The molecule has 1 unspecified atom stereocenters. The van der Waals surface area contributed by atoms with Crippen LogP contribution in [-0.4, -0.2) is 61.3 Å². The topological polar surface area (TPSA) is 95.0 Å². The number of aryl methyl sites for hydroxylation is 2. The average Bonchev–Trinajstić information content (AvgIpc) is 2.63. The van der Waals surface area contributed by atoms with E-state index in [1.54, 1.807) is 32.2 Å². The van der Waals surface area contributed by atoms with Crippen LogP contribution in [0.15, 0.2) is 23.1 Å². The second-order valence-electron chi connectivity index (χ2n) is 7.38. The van der Waals surface area contributed by atoms with E-state index in [1.807, 2.05) is 13.8 Å². The predicted octanol–water partition coefficient (Wildman–Crippen LogP) is 1.88. The number of carbonyl (C=O) groups excluding carboxylic acids is 1. The van der Waals surface area contributed by atoms with Gasteiger partial charge in [0.1, 0.15) is 0 Å². The van der Waals surface area contributed by atoms with Crippen LogP contribution >= 0.6 is 0 Å². The number of aliphatic carboxylic acids is 1. The lowest BCUT2D eigenvalue weighted by Crippen LogP contribution is -2.44. The van der Waals surface area contributed by atoms with Crippen molar-refractivity contribution in [1.82, 2.24) is 9.21 Å². The van der Waals surface area contributed by atoms with E-state index in [2.05, 4.69) is 0 Å². The van der Waals surface area contributed by atoms with Gasteiger partial charge in [-0.2, -0.15) is 4.31 Å². The van der Waals surface area contributed by atoms with Gasteiger partial charge >= 0.3 is 5.97 Å². The second kappa shape index (κ2) is 8.39. The molecular formula is C19H28N2O5S. The summed E-state index contributed by atoms with van der Waals surface area (Å²) in [6.45, 7) is 6.10. The van der Waals surface area contributed by atoms with Crippen molar-refractivity contribution in [2.24, 2.45) is 11.8 Å². The van der Waals surface area contributed by atoms with E-state index in [0.717, 1.165) is 11.1 Å². The predicted molar refractivity (Wildman–Crippen MR) is 102 cm³/mol. The molecular weight excluding hydrogens is 368 g/mol. The van der Waals surface area contributed by atoms with Gasteiger partial charge in [0.2, 0.25) is 15.9 Å². The van der Waals surface area contributed by atoms with Gasteiger partial charge in [0, 0.05) is 32.6 Å². The number of piperidine rings is 1. The molecule has 1 saturated heterocycles. The van der Waals surface area contributed by atoms with E-state index in [4.69, 9.17) is 5.11 Å². The number of carboxylic acid groups (broad SMARTS) is 1. The molecule has 1 atom stereocenters. The summed E-state index contributed by atoms with van der Waals surface area (Å²) in [6.07, 6.45) is 0.878. The third-order valence-electron chi connectivity index (χ3n) is 5.26. The molecule has 1 N–H and O–H groups in total. The molecule has 27 heavy (non-hydrogen) atoms. The molecule has 1 heterocycles. The molecule has 1 amide bonds. The van der Waals surface area contributed by atoms with Gasteiger partial charge in [-0.25, -0.2) is 8.42 Å². The van der Waals surface area contributed by atoms with E-state index in [0.29, 0.717) is 12.8 Å². The Morgan fingerprint density at radius 1 is 1.22 bits per heavy atom. The van der Waals surface area contributed by atoms with Crippen LogP contribution in [0.2, 0.25) is 0 Å². The van der Waals surface area contributed by atoms with Crippen LogP contribution in [0.5, 0.6) is 0 Å². The number of amides is 1. The first-order chi connectivity index (χ1) is 12.5. The highest BCUT2D eigenvalue weighted by molar-refractivity contribution is 7.89. The molecule has 1 aliphatic rings. The summed E-state index contributed by atoms with van der Waals surface area (Å²) in [5, 5.41) is 8.98. The molecule has 1 aliphatic heterocycles. The molecule has 7 nitrogen and oxygen atoms in total. The quantitative estimate of drug-likeness (QED) is 0.792. The fraction of sp³-hybridized carbons (Fsp3) is 0.579. The van der Waals surface area contributed by atoms with Crippen LogP contribution in [-0.2, 0) is 19.6 Å². The highest BCUT2D eigenvalue weighted by atomic mass is 32.2.